The van der Waals surface area contributed by atoms with Crippen LogP contribution in [0.15, 0.2) is 18.2 Å². The summed E-state index contributed by atoms with van der Waals surface area (Å²) < 4.78 is 27.2. The first kappa shape index (κ1) is 13.3. The second-order valence-electron chi connectivity index (χ2n) is 5.33. The van der Waals surface area contributed by atoms with Crippen LogP contribution in [0.25, 0.3) is 0 Å². The highest BCUT2D eigenvalue weighted by molar-refractivity contribution is 5.49. The molecule has 100 valence electrons. The van der Waals surface area contributed by atoms with Crippen molar-refractivity contribution in [3.05, 3.63) is 29.8 Å². The van der Waals surface area contributed by atoms with Crippen LogP contribution in [0, 0.1) is 17.6 Å². The van der Waals surface area contributed by atoms with E-state index in [0.717, 1.165) is 12.6 Å². The summed E-state index contributed by atoms with van der Waals surface area (Å²) in [5.74, 6) is -1.05. The van der Waals surface area contributed by atoms with E-state index in [1.165, 1.54) is 0 Å². The Kier molecular flexibility index (Phi) is 3.85. The zero-order valence-electron chi connectivity index (χ0n) is 11.1. The van der Waals surface area contributed by atoms with Crippen LogP contribution in [-0.4, -0.2) is 25.2 Å². The lowest BCUT2D eigenvalue weighted by atomic mass is 9.99. The van der Waals surface area contributed by atoms with Crippen molar-refractivity contribution < 1.29 is 8.78 Å². The van der Waals surface area contributed by atoms with Gasteiger partial charge in [0.2, 0.25) is 0 Å². The van der Waals surface area contributed by atoms with Crippen molar-refractivity contribution in [3.8, 4) is 0 Å². The quantitative estimate of drug-likeness (QED) is 0.873. The van der Waals surface area contributed by atoms with E-state index < -0.39 is 11.6 Å². The van der Waals surface area contributed by atoms with E-state index >= 15 is 0 Å². The smallest absolute Gasteiger partial charge is 0.182 e. The monoisotopic (exact) mass is 254 g/mol. The summed E-state index contributed by atoms with van der Waals surface area (Å²) in [5, 5.41) is 3.44. The molecule has 2 unspecified atom stereocenters. The first-order valence-corrected chi connectivity index (χ1v) is 6.44. The lowest BCUT2D eigenvalue weighted by Crippen LogP contribution is -2.57. The summed E-state index contributed by atoms with van der Waals surface area (Å²) in [5.41, 5.74) is 0.370. The highest BCUT2D eigenvalue weighted by atomic mass is 19.2. The van der Waals surface area contributed by atoms with Gasteiger partial charge in [-0.25, -0.2) is 8.78 Å². The molecule has 18 heavy (non-hydrogen) atoms. The fraction of sp³-hybridized carbons (Fsp3) is 0.571. The van der Waals surface area contributed by atoms with Gasteiger partial charge in [-0.05, 0) is 25.0 Å². The third-order valence-electron chi connectivity index (χ3n) is 3.65. The van der Waals surface area contributed by atoms with Gasteiger partial charge in [0, 0.05) is 25.2 Å². The van der Waals surface area contributed by atoms with Gasteiger partial charge >= 0.3 is 0 Å². The van der Waals surface area contributed by atoms with Crippen molar-refractivity contribution >= 4 is 5.69 Å². The minimum absolute atomic E-state index is 0.163. The molecular weight excluding hydrogens is 234 g/mol. The minimum atomic E-state index is -0.778. The zero-order chi connectivity index (χ0) is 13.3. The lowest BCUT2D eigenvalue weighted by Gasteiger charge is -2.42. The van der Waals surface area contributed by atoms with Crippen LogP contribution in [0.5, 0.6) is 0 Å². The Morgan fingerprint density at radius 1 is 1.33 bits per heavy atom. The van der Waals surface area contributed by atoms with Crippen LogP contribution in [0.1, 0.15) is 20.8 Å². The van der Waals surface area contributed by atoms with Crippen LogP contribution >= 0.6 is 0 Å². The second kappa shape index (κ2) is 5.22. The largest absolute Gasteiger partial charge is 0.364 e. The normalized spacial score (nSPS) is 24.7. The molecule has 0 radical (unpaired) electrons. The van der Waals surface area contributed by atoms with Crippen molar-refractivity contribution in [2.45, 2.75) is 32.9 Å². The molecule has 0 aliphatic carbocycles. The molecule has 1 aliphatic rings. The van der Waals surface area contributed by atoms with E-state index in [1.807, 2.05) is 11.8 Å². The molecule has 1 saturated heterocycles. The van der Waals surface area contributed by atoms with Crippen LogP contribution in [0.3, 0.4) is 0 Å². The molecule has 2 nitrogen and oxygen atoms in total. The van der Waals surface area contributed by atoms with Gasteiger partial charge in [0.15, 0.2) is 11.6 Å². The predicted octanol–water partition coefficient (Wildman–Crippen LogP) is 2.79. The molecular formula is C14H20F2N2. The predicted molar refractivity (Wildman–Crippen MR) is 69.8 cm³/mol. The Bertz CT molecular complexity index is 420. The number of anilines is 1. The van der Waals surface area contributed by atoms with Crippen LogP contribution < -0.4 is 10.2 Å². The first-order valence-electron chi connectivity index (χ1n) is 6.44. The summed E-state index contributed by atoms with van der Waals surface area (Å²) >= 11 is 0. The Morgan fingerprint density at radius 2 is 2.06 bits per heavy atom. The first-order chi connectivity index (χ1) is 8.50. The van der Waals surface area contributed by atoms with E-state index in [-0.39, 0.29) is 6.04 Å². The van der Waals surface area contributed by atoms with Gasteiger partial charge in [0.1, 0.15) is 0 Å². The van der Waals surface area contributed by atoms with Crippen LogP contribution in [0.4, 0.5) is 14.5 Å². The fourth-order valence-electron chi connectivity index (χ4n) is 2.39. The molecule has 1 heterocycles. The van der Waals surface area contributed by atoms with Gasteiger partial charge in [0.05, 0.1) is 5.69 Å². The minimum Gasteiger partial charge on any atom is -0.364 e. The second-order valence-corrected chi connectivity index (χ2v) is 5.33. The van der Waals surface area contributed by atoms with Crippen LogP contribution in [-0.2, 0) is 0 Å². The number of halogens is 2. The van der Waals surface area contributed by atoms with Crippen LogP contribution in [0.2, 0.25) is 0 Å². The maximum atomic E-state index is 13.9. The van der Waals surface area contributed by atoms with E-state index in [2.05, 4.69) is 19.2 Å². The van der Waals surface area contributed by atoms with Crippen molar-refractivity contribution in [3.63, 3.8) is 0 Å². The Hall–Kier alpha value is -1.16. The molecule has 0 saturated carbocycles. The molecule has 1 aromatic carbocycles. The molecule has 0 spiro atoms. The number of rotatable bonds is 2. The summed E-state index contributed by atoms with van der Waals surface area (Å²) in [6.45, 7) is 7.79. The van der Waals surface area contributed by atoms with Gasteiger partial charge in [-0.3, -0.25) is 0 Å². The van der Waals surface area contributed by atoms with E-state index in [0.29, 0.717) is 24.2 Å². The molecule has 2 atom stereocenters. The molecule has 1 N–H and O–H groups in total. The van der Waals surface area contributed by atoms with Gasteiger partial charge in [-0.15, -0.1) is 0 Å². The van der Waals surface area contributed by atoms with Gasteiger partial charge in [-0.2, -0.15) is 0 Å². The average molecular weight is 254 g/mol. The highest BCUT2D eigenvalue weighted by Crippen LogP contribution is 2.26. The molecule has 0 bridgehead atoms. The maximum absolute atomic E-state index is 13.9. The molecule has 0 amide bonds. The molecule has 0 aromatic heterocycles. The number of nitrogens with zero attached hydrogens (tertiary/aromatic N) is 1. The van der Waals surface area contributed by atoms with Crippen molar-refractivity contribution in [2.24, 2.45) is 5.92 Å². The Morgan fingerprint density at radius 3 is 2.72 bits per heavy atom. The molecule has 4 heteroatoms. The molecule has 2 rings (SSSR count). The molecule has 1 fully saturated rings. The Labute approximate surface area is 107 Å². The Balaban J connectivity index is 2.27. The van der Waals surface area contributed by atoms with E-state index in [1.54, 1.807) is 12.1 Å². The number of hydrogen-bond donors (Lipinski definition) is 1. The topological polar surface area (TPSA) is 15.3 Å². The maximum Gasteiger partial charge on any atom is 0.182 e. The number of piperazine rings is 1. The van der Waals surface area contributed by atoms with E-state index in [4.69, 9.17) is 0 Å². The lowest BCUT2D eigenvalue weighted by molar-refractivity contribution is 0.334. The molecule has 1 aromatic rings. The number of nitrogens with one attached hydrogen (secondary N) is 1. The average Bonchev–Trinajstić information content (AvgIpc) is 2.33. The third-order valence-corrected chi connectivity index (χ3v) is 3.65. The number of benzene rings is 1. The third kappa shape index (κ3) is 2.48. The summed E-state index contributed by atoms with van der Waals surface area (Å²) in [6.07, 6.45) is 0. The van der Waals surface area contributed by atoms with Crippen molar-refractivity contribution in [1.29, 1.82) is 0 Å². The van der Waals surface area contributed by atoms with E-state index in [9.17, 15) is 8.78 Å². The zero-order valence-corrected chi connectivity index (χ0v) is 11.1. The van der Waals surface area contributed by atoms with Gasteiger partial charge in [-0.1, -0.05) is 19.9 Å². The SMILES string of the molecule is CC(C)C1CN(c2cccc(F)c2F)C(C)CN1. The standard InChI is InChI=1S/C14H20F2N2/c1-9(2)12-8-18(10(3)7-17-12)13-6-4-5-11(15)14(13)16/h4-6,9-10,12,17H,7-8H2,1-3H3. The molecule has 1 aliphatic heterocycles. The number of hydrogen-bond acceptors (Lipinski definition) is 2. The highest BCUT2D eigenvalue weighted by Gasteiger charge is 2.28. The summed E-state index contributed by atoms with van der Waals surface area (Å²) in [4.78, 5) is 1.96. The van der Waals surface area contributed by atoms with Gasteiger partial charge in [0.25, 0.3) is 0 Å². The summed E-state index contributed by atoms with van der Waals surface area (Å²) in [7, 11) is 0. The van der Waals surface area contributed by atoms with Crippen molar-refractivity contribution in [1.82, 2.24) is 5.32 Å². The van der Waals surface area contributed by atoms with Gasteiger partial charge < -0.3 is 10.2 Å². The van der Waals surface area contributed by atoms with Crippen molar-refractivity contribution in [2.75, 3.05) is 18.0 Å². The fourth-order valence-corrected chi connectivity index (χ4v) is 2.39. The summed E-state index contributed by atoms with van der Waals surface area (Å²) in [6, 6.07) is 4.84.